The maximum atomic E-state index is 13.1. The number of nitrogens with one attached hydrogen (secondary N) is 2. The number of para-hydroxylation sites is 1. The zero-order valence-corrected chi connectivity index (χ0v) is 18.7. The molecule has 6 nitrogen and oxygen atoms in total. The first-order valence-electron chi connectivity index (χ1n) is 10.9. The van der Waals surface area contributed by atoms with Crippen molar-refractivity contribution in [2.45, 2.75) is 25.3 Å². The molecule has 0 aliphatic heterocycles. The number of amides is 2. The fraction of sp³-hybridized carbons (Fsp3) is 0.192. The number of rotatable bonds is 6. The predicted octanol–water partition coefficient (Wildman–Crippen LogP) is 5.51. The van der Waals surface area contributed by atoms with Crippen LogP contribution in [-0.2, 0) is 11.3 Å². The third-order valence-corrected chi connectivity index (χ3v) is 6.99. The van der Waals surface area contributed by atoms with Crippen LogP contribution in [0.5, 0.6) is 0 Å². The Morgan fingerprint density at radius 1 is 1.00 bits per heavy atom. The number of hydrogen-bond acceptors (Lipinski definition) is 5. The summed E-state index contributed by atoms with van der Waals surface area (Å²) < 4.78 is 6.26. The molecule has 2 heterocycles. The van der Waals surface area contributed by atoms with Crippen LogP contribution in [0.1, 0.15) is 39.9 Å². The van der Waals surface area contributed by atoms with Gasteiger partial charge >= 0.3 is 0 Å². The first kappa shape index (κ1) is 21.2. The molecule has 1 aliphatic rings. The fourth-order valence-corrected chi connectivity index (χ4v) is 5.20. The SMILES string of the molecule is O=C(Nc1ccc(CNC(=O)C2CC=CCC2c2nc3ccccc3s2)cc1)c1ccco1. The Bertz CT molecular complexity index is 1260. The lowest BCUT2D eigenvalue weighted by Gasteiger charge is -2.26. The van der Waals surface area contributed by atoms with E-state index in [9.17, 15) is 9.59 Å². The van der Waals surface area contributed by atoms with Gasteiger partial charge < -0.3 is 15.1 Å². The molecule has 2 aromatic carbocycles. The summed E-state index contributed by atoms with van der Waals surface area (Å²) in [6.45, 7) is 0.429. The highest BCUT2D eigenvalue weighted by molar-refractivity contribution is 7.18. The molecule has 5 rings (SSSR count). The van der Waals surface area contributed by atoms with Crippen LogP contribution < -0.4 is 10.6 Å². The van der Waals surface area contributed by atoms with Gasteiger partial charge in [0, 0.05) is 18.2 Å². The molecule has 7 heteroatoms. The van der Waals surface area contributed by atoms with Gasteiger partial charge in [-0.2, -0.15) is 0 Å². The highest BCUT2D eigenvalue weighted by Crippen LogP contribution is 2.38. The number of allylic oxidation sites excluding steroid dienone is 2. The average molecular weight is 458 g/mol. The lowest BCUT2D eigenvalue weighted by Crippen LogP contribution is -2.34. The Kier molecular flexibility index (Phi) is 6.04. The highest BCUT2D eigenvalue weighted by atomic mass is 32.1. The molecule has 2 N–H and O–H groups in total. The van der Waals surface area contributed by atoms with Gasteiger partial charge in [0.05, 0.1) is 27.4 Å². The molecule has 0 fully saturated rings. The number of hydrogen-bond donors (Lipinski definition) is 2. The summed E-state index contributed by atoms with van der Waals surface area (Å²) in [7, 11) is 0. The van der Waals surface area contributed by atoms with Crippen LogP contribution in [0.4, 0.5) is 5.69 Å². The molecule has 166 valence electrons. The third-order valence-electron chi connectivity index (χ3n) is 5.82. The Hall–Kier alpha value is -3.71. The van der Waals surface area contributed by atoms with Crippen molar-refractivity contribution in [3.05, 3.63) is 95.4 Å². The summed E-state index contributed by atoms with van der Waals surface area (Å²) in [4.78, 5) is 30.0. The molecule has 2 amide bonds. The Morgan fingerprint density at radius 3 is 2.61 bits per heavy atom. The van der Waals surface area contributed by atoms with Gasteiger partial charge in [0.1, 0.15) is 0 Å². The first-order chi connectivity index (χ1) is 16.2. The summed E-state index contributed by atoms with van der Waals surface area (Å²) in [5, 5.41) is 6.90. The summed E-state index contributed by atoms with van der Waals surface area (Å²) >= 11 is 1.68. The van der Waals surface area contributed by atoms with Crippen LogP contribution in [0.15, 0.2) is 83.5 Å². The van der Waals surface area contributed by atoms with Crippen LogP contribution in [0, 0.1) is 5.92 Å². The minimum atomic E-state index is -0.299. The van der Waals surface area contributed by atoms with Gasteiger partial charge in [-0.05, 0) is 54.8 Å². The number of fused-ring (bicyclic) bond motifs is 1. The van der Waals surface area contributed by atoms with Crippen molar-refractivity contribution < 1.29 is 14.0 Å². The van der Waals surface area contributed by atoms with Crippen LogP contribution in [0.3, 0.4) is 0 Å². The van der Waals surface area contributed by atoms with E-state index in [1.165, 1.54) is 6.26 Å². The van der Waals surface area contributed by atoms with Crippen molar-refractivity contribution >= 4 is 39.1 Å². The van der Waals surface area contributed by atoms with Crippen molar-refractivity contribution in [1.29, 1.82) is 0 Å². The number of carbonyl (C=O) groups is 2. The van der Waals surface area contributed by atoms with Crippen LogP contribution in [0.2, 0.25) is 0 Å². The lowest BCUT2D eigenvalue weighted by atomic mass is 9.82. The molecular formula is C26H23N3O3S. The van der Waals surface area contributed by atoms with E-state index in [0.717, 1.165) is 27.2 Å². The second kappa shape index (κ2) is 9.42. The van der Waals surface area contributed by atoms with Crippen molar-refractivity contribution in [3.8, 4) is 0 Å². The van der Waals surface area contributed by atoms with Crippen molar-refractivity contribution in [1.82, 2.24) is 10.3 Å². The molecule has 33 heavy (non-hydrogen) atoms. The summed E-state index contributed by atoms with van der Waals surface area (Å²) in [5.41, 5.74) is 2.62. The lowest BCUT2D eigenvalue weighted by molar-refractivity contribution is -0.125. The van der Waals surface area contributed by atoms with Crippen LogP contribution in [-0.4, -0.2) is 16.8 Å². The molecule has 0 radical (unpaired) electrons. The maximum Gasteiger partial charge on any atom is 0.291 e. The highest BCUT2D eigenvalue weighted by Gasteiger charge is 2.32. The van der Waals surface area contributed by atoms with E-state index in [4.69, 9.17) is 9.40 Å². The number of carbonyl (C=O) groups excluding carboxylic acids is 2. The van der Waals surface area contributed by atoms with Gasteiger partial charge in [-0.1, -0.05) is 36.4 Å². The van der Waals surface area contributed by atoms with E-state index in [0.29, 0.717) is 18.7 Å². The maximum absolute atomic E-state index is 13.1. The fourth-order valence-electron chi connectivity index (χ4n) is 4.05. The van der Waals surface area contributed by atoms with E-state index in [2.05, 4.69) is 28.9 Å². The van der Waals surface area contributed by atoms with Crippen LogP contribution >= 0.6 is 11.3 Å². The number of nitrogens with zero attached hydrogens (tertiary/aromatic N) is 1. The largest absolute Gasteiger partial charge is 0.459 e. The van der Waals surface area contributed by atoms with Gasteiger partial charge in [0.15, 0.2) is 5.76 Å². The Morgan fingerprint density at radius 2 is 1.82 bits per heavy atom. The second-order valence-corrected chi connectivity index (χ2v) is 9.08. The van der Waals surface area contributed by atoms with E-state index in [-0.39, 0.29) is 29.4 Å². The molecule has 0 saturated carbocycles. The molecule has 0 saturated heterocycles. The average Bonchev–Trinajstić information content (AvgIpc) is 3.54. The van der Waals surface area contributed by atoms with Gasteiger partial charge in [0.2, 0.25) is 5.91 Å². The van der Waals surface area contributed by atoms with Crippen LogP contribution in [0.25, 0.3) is 10.2 Å². The third kappa shape index (κ3) is 4.73. The van der Waals surface area contributed by atoms with E-state index in [1.807, 2.05) is 42.5 Å². The molecule has 1 aliphatic carbocycles. The molecule has 2 atom stereocenters. The molecule has 4 aromatic rings. The number of thiazole rings is 1. The quantitative estimate of drug-likeness (QED) is 0.374. The molecule has 2 unspecified atom stereocenters. The molecule has 0 bridgehead atoms. The number of anilines is 1. The zero-order chi connectivity index (χ0) is 22.6. The normalized spacial score (nSPS) is 17.7. The van der Waals surface area contributed by atoms with Gasteiger partial charge in [0.25, 0.3) is 5.91 Å². The molecule has 0 spiro atoms. The summed E-state index contributed by atoms with van der Waals surface area (Å²) in [6.07, 6.45) is 7.23. The van der Waals surface area contributed by atoms with Gasteiger partial charge in [-0.25, -0.2) is 4.98 Å². The van der Waals surface area contributed by atoms with Gasteiger partial charge in [-0.15, -0.1) is 11.3 Å². The van der Waals surface area contributed by atoms with Crippen molar-refractivity contribution in [2.75, 3.05) is 5.32 Å². The Balaban J connectivity index is 1.21. The standard InChI is InChI=1S/C26H23N3O3S/c30-24(19-6-1-2-7-20(19)26-29-21-8-3-4-10-23(21)33-26)27-16-17-11-13-18(14-12-17)28-25(31)22-9-5-15-32-22/h1-5,8-15,19-20H,6-7,16H2,(H,27,30)(H,28,31). The predicted molar refractivity (Wildman–Crippen MR) is 129 cm³/mol. The second-order valence-electron chi connectivity index (χ2n) is 8.02. The smallest absolute Gasteiger partial charge is 0.291 e. The summed E-state index contributed by atoms with van der Waals surface area (Å²) in [5.74, 6) is -0.0457. The first-order valence-corrected chi connectivity index (χ1v) is 11.7. The topological polar surface area (TPSA) is 84.2 Å². The van der Waals surface area contributed by atoms with Crippen molar-refractivity contribution in [3.63, 3.8) is 0 Å². The number of aromatic nitrogens is 1. The van der Waals surface area contributed by atoms with E-state index >= 15 is 0 Å². The molecule has 2 aromatic heterocycles. The monoisotopic (exact) mass is 457 g/mol. The molecular weight excluding hydrogens is 434 g/mol. The number of furan rings is 1. The van der Waals surface area contributed by atoms with E-state index in [1.54, 1.807) is 23.5 Å². The van der Waals surface area contributed by atoms with E-state index < -0.39 is 0 Å². The number of benzene rings is 2. The zero-order valence-electron chi connectivity index (χ0n) is 17.9. The Labute approximate surface area is 195 Å². The van der Waals surface area contributed by atoms with Gasteiger partial charge in [-0.3, -0.25) is 9.59 Å². The van der Waals surface area contributed by atoms with Crippen molar-refractivity contribution in [2.24, 2.45) is 5.92 Å². The minimum absolute atomic E-state index is 0.0406. The minimum Gasteiger partial charge on any atom is -0.459 e. The summed E-state index contributed by atoms with van der Waals surface area (Å²) in [6, 6.07) is 18.8.